The Morgan fingerprint density at radius 2 is 1.94 bits per heavy atom. The van der Waals surface area contributed by atoms with Crippen molar-refractivity contribution in [3.63, 3.8) is 0 Å². The number of H-pyrrole nitrogens is 1. The monoisotopic (exact) mass is 485 g/mol. The van der Waals surface area contributed by atoms with Crippen LogP contribution in [0.15, 0.2) is 18.2 Å². The SMILES string of the molecule is Cc1ccc2[nH]nc(C(=O)N3CC[C@H]4CC[C@@H](C(=O)O)N4C(=O)[C@@H](NC(=O)OC(C)(C)C)C3)c2c1. The molecule has 4 rings (SSSR count). The minimum atomic E-state index is -1.16. The normalized spacial score (nSPS) is 23.0. The lowest BCUT2D eigenvalue weighted by atomic mass is 10.1. The third-order valence-corrected chi connectivity index (χ3v) is 6.37. The number of aryl methyl sites for hydroxylation is 1. The first-order chi connectivity index (χ1) is 16.4. The zero-order valence-corrected chi connectivity index (χ0v) is 20.3. The molecule has 0 saturated carbocycles. The second-order valence-corrected chi connectivity index (χ2v) is 10.2. The van der Waals surface area contributed by atoms with Crippen LogP contribution < -0.4 is 5.32 Å². The molecule has 0 aliphatic carbocycles. The Balaban J connectivity index is 1.65. The number of hydrogen-bond acceptors (Lipinski definition) is 6. The van der Waals surface area contributed by atoms with E-state index in [9.17, 15) is 24.3 Å². The van der Waals surface area contributed by atoms with Crippen LogP contribution in [0.5, 0.6) is 0 Å². The Morgan fingerprint density at radius 1 is 1.20 bits per heavy atom. The minimum absolute atomic E-state index is 0.132. The molecule has 2 aromatic rings. The number of nitrogens with zero attached hydrogens (tertiary/aromatic N) is 3. The average Bonchev–Trinajstić information content (AvgIpc) is 3.36. The Hall–Kier alpha value is -3.63. The van der Waals surface area contributed by atoms with E-state index < -0.39 is 35.7 Å². The van der Waals surface area contributed by atoms with Crippen LogP contribution in [0.1, 0.15) is 56.1 Å². The van der Waals surface area contributed by atoms with Gasteiger partial charge in [-0.3, -0.25) is 14.7 Å². The maximum absolute atomic E-state index is 13.6. The summed E-state index contributed by atoms with van der Waals surface area (Å²) in [4.78, 5) is 54.3. The first-order valence-corrected chi connectivity index (χ1v) is 11.7. The predicted octanol–water partition coefficient (Wildman–Crippen LogP) is 2.05. The van der Waals surface area contributed by atoms with Crippen LogP contribution in [0.4, 0.5) is 4.79 Å². The third-order valence-electron chi connectivity index (χ3n) is 6.37. The minimum Gasteiger partial charge on any atom is -0.480 e. The van der Waals surface area contributed by atoms with Gasteiger partial charge in [-0.05, 0) is 59.1 Å². The second kappa shape index (κ2) is 9.20. The van der Waals surface area contributed by atoms with Crippen molar-refractivity contribution < 1.29 is 29.0 Å². The molecule has 2 saturated heterocycles. The molecule has 11 nitrogen and oxygen atoms in total. The summed E-state index contributed by atoms with van der Waals surface area (Å²) in [6.07, 6.45) is 0.450. The van der Waals surface area contributed by atoms with Crippen molar-refractivity contribution in [2.75, 3.05) is 13.1 Å². The molecule has 3 N–H and O–H groups in total. The smallest absolute Gasteiger partial charge is 0.408 e. The molecule has 35 heavy (non-hydrogen) atoms. The van der Waals surface area contributed by atoms with E-state index in [4.69, 9.17) is 4.74 Å². The molecule has 0 bridgehead atoms. The lowest BCUT2D eigenvalue weighted by Gasteiger charge is -2.38. The molecule has 3 atom stereocenters. The fourth-order valence-corrected chi connectivity index (χ4v) is 4.80. The summed E-state index contributed by atoms with van der Waals surface area (Å²) in [6.45, 7) is 7.17. The summed E-state index contributed by atoms with van der Waals surface area (Å²) in [6, 6.07) is 3.16. The maximum Gasteiger partial charge on any atom is 0.408 e. The van der Waals surface area contributed by atoms with Crippen LogP contribution in [0.3, 0.4) is 0 Å². The number of aromatic nitrogens is 2. The molecule has 0 unspecified atom stereocenters. The number of carbonyl (C=O) groups excluding carboxylic acids is 3. The van der Waals surface area contributed by atoms with Crippen molar-refractivity contribution in [2.24, 2.45) is 0 Å². The van der Waals surface area contributed by atoms with E-state index in [2.05, 4.69) is 15.5 Å². The van der Waals surface area contributed by atoms with Crippen LogP contribution >= 0.6 is 0 Å². The van der Waals surface area contributed by atoms with Gasteiger partial charge < -0.3 is 25.0 Å². The highest BCUT2D eigenvalue weighted by Crippen LogP contribution is 2.30. The highest BCUT2D eigenvalue weighted by Gasteiger charge is 2.46. The van der Waals surface area contributed by atoms with Gasteiger partial charge in [-0.25, -0.2) is 9.59 Å². The summed E-state index contributed by atoms with van der Waals surface area (Å²) in [5, 5.41) is 20.0. The average molecular weight is 486 g/mol. The van der Waals surface area contributed by atoms with Crippen molar-refractivity contribution >= 4 is 34.8 Å². The Labute approximate surface area is 202 Å². The fourth-order valence-electron chi connectivity index (χ4n) is 4.80. The first kappa shape index (κ1) is 24.5. The van der Waals surface area contributed by atoms with Crippen molar-refractivity contribution in [1.82, 2.24) is 25.3 Å². The van der Waals surface area contributed by atoms with Gasteiger partial charge >= 0.3 is 12.1 Å². The van der Waals surface area contributed by atoms with Gasteiger partial charge in [-0.1, -0.05) is 11.6 Å². The molecule has 0 spiro atoms. The zero-order chi connectivity index (χ0) is 25.5. The van der Waals surface area contributed by atoms with Gasteiger partial charge in [0.05, 0.1) is 12.1 Å². The van der Waals surface area contributed by atoms with E-state index >= 15 is 0 Å². The standard InChI is InChI=1S/C24H31N5O6/c1-13-5-7-16-15(11-13)19(27-26-16)21(31)28-10-9-14-6-8-18(22(32)33)29(14)20(30)17(12-28)25-23(34)35-24(2,3)4/h5,7,11,14,17-18H,6,8-10,12H2,1-4H3,(H,25,34)(H,26,27)(H,32,33)/t14-,17+,18+/m1/s1. The fraction of sp³-hybridized carbons (Fsp3) is 0.542. The van der Waals surface area contributed by atoms with E-state index in [1.165, 1.54) is 9.80 Å². The van der Waals surface area contributed by atoms with Crippen LogP contribution in [0.2, 0.25) is 0 Å². The summed E-state index contributed by atoms with van der Waals surface area (Å²) >= 11 is 0. The van der Waals surface area contributed by atoms with Gasteiger partial charge in [-0.2, -0.15) is 5.10 Å². The van der Waals surface area contributed by atoms with Gasteiger partial charge in [0.15, 0.2) is 5.69 Å². The van der Waals surface area contributed by atoms with Gasteiger partial charge in [0, 0.05) is 18.0 Å². The van der Waals surface area contributed by atoms with E-state index in [0.29, 0.717) is 24.6 Å². The molecule has 2 aliphatic rings. The Bertz CT molecular complexity index is 1170. The quantitative estimate of drug-likeness (QED) is 0.603. The van der Waals surface area contributed by atoms with Crippen LogP contribution in [0, 0.1) is 6.92 Å². The molecular weight excluding hydrogens is 454 g/mol. The molecule has 11 heteroatoms. The molecule has 1 aromatic heterocycles. The summed E-state index contributed by atoms with van der Waals surface area (Å²) in [7, 11) is 0. The first-order valence-electron chi connectivity index (χ1n) is 11.7. The predicted molar refractivity (Wildman–Crippen MR) is 126 cm³/mol. The Morgan fingerprint density at radius 3 is 2.63 bits per heavy atom. The van der Waals surface area contributed by atoms with Gasteiger partial charge in [0.1, 0.15) is 17.7 Å². The zero-order valence-electron chi connectivity index (χ0n) is 20.3. The topological polar surface area (TPSA) is 145 Å². The number of rotatable bonds is 3. The number of carboxylic acid groups (broad SMARTS) is 1. The maximum atomic E-state index is 13.6. The van der Waals surface area contributed by atoms with Crippen LogP contribution in [-0.4, -0.2) is 85.8 Å². The number of ether oxygens (including phenoxy) is 1. The number of aliphatic carboxylic acids is 1. The number of alkyl carbamates (subject to hydrolysis) is 1. The number of benzene rings is 1. The van der Waals surface area contributed by atoms with Gasteiger partial charge in [0.25, 0.3) is 5.91 Å². The molecule has 1 aromatic carbocycles. The van der Waals surface area contributed by atoms with E-state index in [1.807, 2.05) is 25.1 Å². The van der Waals surface area contributed by atoms with Crippen molar-refractivity contribution in [3.05, 3.63) is 29.5 Å². The molecule has 3 heterocycles. The van der Waals surface area contributed by atoms with Crippen LogP contribution in [-0.2, 0) is 14.3 Å². The largest absolute Gasteiger partial charge is 0.480 e. The summed E-state index contributed by atoms with van der Waals surface area (Å²) in [5.74, 6) is -1.98. The van der Waals surface area contributed by atoms with Crippen molar-refractivity contribution in [1.29, 1.82) is 0 Å². The third kappa shape index (κ3) is 5.08. The second-order valence-electron chi connectivity index (χ2n) is 10.2. The highest BCUT2D eigenvalue weighted by atomic mass is 16.6. The summed E-state index contributed by atoms with van der Waals surface area (Å²) < 4.78 is 5.33. The molecule has 3 amide bonds. The number of fused-ring (bicyclic) bond motifs is 2. The van der Waals surface area contributed by atoms with Gasteiger partial charge in [-0.15, -0.1) is 0 Å². The number of hydrogen-bond donors (Lipinski definition) is 3. The van der Waals surface area contributed by atoms with Crippen LogP contribution in [0.25, 0.3) is 10.9 Å². The molecule has 2 aliphatic heterocycles. The number of nitrogens with one attached hydrogen (secondary N) is 2. The van der Waals surface area contributed by atoms with E-state index in [1.54, 1.807) is 20.8 Å². The molecule has 2 fully saturated rings. The Kier molecular flexibility index (Phi) is 6.44. The van der Waals surface area contributed by atoms with Crippen molar-refractivity contribution in [3.8, 4) is 0 Å². The lowest BCUT2D eigenvalue weighted by molar-refractivity contribution is -0.151. The number of carbonyl (C=O) groups is 4. The van der Waals surface area contributed by atoms with E-state index in [0.717, 1.165) is 11.1 Å². The molecule has 0 radical (unpaired) electrons. The van der Waals surface area contributed by atoms with E-state index in [-0.39, 0.29) is 30.7 Å². The number of amides is 3. The number of aromatic amines is 1. The van der Waals surface area contributed by atoms with Gasteiger partial charge in [0.2, 0.25) is 5.91 Å². The van der Waals surface area contributed by atoms with Crippen molar-refractivity contribution in [2.45, 2.75) is 70.7 Å². The molecule has 188 valence electrons. The summed E-state index contributed by atoms with van der Waals surface area (Å²) in [5.41, 5.74) is 1.13. The number of carboxylic acids is 1. The molecular formula is C24H31N5O6. The highest BCUT2D eigenvalue weighted by molar-refractivity contribution is 6.05. The lowest BCUT2D eigenvalue weighted by Crippen LogP contribution is -2.60.